The van der Waals surface area contributed by atoms with E-state index in [4.69, 9.17) is 0 Å². The normalized spacial score (nSPS) is 23.1. The molecule has 1 aromatic carbocycles. The summed E-state index contributed by atoms with van der Waals surface area (Å²) in [6.45, 7) is 6.68. The van der Waals surface area contributed by atoms with E-state index in [2.05, 4.69) is 43.4 Å². The van der Waals surface area contributed by atoms with Gasteiger partial charge in [0.25, 0.3) is 0 Å². The summed E-state index contributed by atoms with van der Waals surface area (Å²) in [4.78, 5) is 14.2. The van der Waals surface area contributed by atoms with Gasteiger partial charge in [-0.3, -0.25) is 4.79 Å². The Labute approximate surface area is 109 Å². The minimum atomic E-state index is 0.139. The van der Waals surface area contributed by atoms with Gasteiger partial charge >= 0.3 is 0 Å². The molecule has 0 radical (unpaired) electrons. The van der Waals surface area contributed by atoms with Crippen molar-refractivity contribution < 1.29 is 4.79 Å². The second-order valence-electron chi connectivity index (χ2n) is 5.42. The lowest BCUT2D eigenvalue weighted by molar-refractivity contribution is -0.135. The van der Waals surface area contributed by atoms with E-state index in [9.17, 15) is 4.79 Å². The molecule has 3 nitrogen and oxygen atoms in total. The van der Waals surface area contributed by atoms with E-state index in [1.54, 1.807) is 0 Å². The minimum Gasteiger partial charge on any atom is -0.341 e. The number of hydrogen-bond donors (Lipinski definition) is 1. The Morgan fingerprint density at radius 2 is 2.00 bits per heavy atom. The van der Waals surface area contributed by atoms with Crippen molar-refractivity contribution in [1.29, 1.82) is 0 Å². The number of nitrogens with one attached hydrogen (secondary N) is 1. The van der Waals surface area contributed by atoms with Gasteiger partial charge in [0.1, 0.15) is 0 Å². The van der Waals surface area contributed by atoms with Crippen LogP contribution < -0.4 is 5.32 Å². The van der Waals surface area contributed by atoms with Crippen LogP contribution in [-0.2, 0) is 11.3 Å². The molecule has 1 N–H and O–H groups in total. The van der Waals surface area contributed by atoms with Crippen LogP contribution in [0.2, 0.25) is 0 Å². The van der Waals surface area contributed by atoms with Gasteiger partial charge in [0.2, 0.25) is 5.91 Å². The molecule has 3 heteroatoms. The van der Waals surface area contributed by atoms with Crippen LogP contribution in [0.15, 0.2) is 24.3 Å². The highest BCUT2D eigenvalue weighted by molar-refractivity contribution is 5.79. The first-order valence-electron chi connectivity index (χ1n) is 6.59. The molecule has 1 aliphatic heterocycles. The Hall–Kier alpha value is -1.35. The summed E-state index contributed by atoms with van der Waals surface area (Å²) < 4.78 is 0. The summed E-state index contributed by atoms with van der Waals surface area (Å²) in [5, 5.41) is 3.28. The highest BCUT2D eigenvalue weighted by Gasteiger charge is 2.31. The van der Waals surface area contributed by atoms with E-state index in [1.165, 1.54) is 11.1 Å². The summed E-state index contributed by atoms with van der Waals surface area (Å²) in [7, 11) is 1.90. The van der Waals surface area contributed by atoms with Gasteiger partial charge in [-0.2, -0.15) is 0 Å². The average molecular weight is 246 g/mol. The van der Waals surface area contributed by atoms with E-state index in [1.807, 2.05) is 11.9 Å². The SMILES string of the molecule is Cc1ccc(CN(C)C(=O)C2CNCC2C)cc1. The Balaban J connectivity index is 1.97. The van der Waals surface area contributed by atoms with Crippen molar-refractivity contribution in [1.82, 2.24) is 10.2 Å². The Morgan fingerprint density at radius 3 is 2.56 bits per heavy atom. The Bertz CT molecular complexity index is 413. The molecule has 18 heavy (non-hydrogen) atoms. The number of amides is 1. The lowest BCUT2D eigenvalue weighted by Crippen LogP contribution is -2.35. The number of hydrogen-bond acceptors (Lipinski definition) is 2. The molecule has 98 valence electrons. The first-order chi connectivity index (χ1) is 8.58. The van der Waals surface area contributed by atoms with Crippen LogP contribution in [0.25, 0.3) is 0 Å². The summed E-state index contributed by atoms with van der Waals surface area (Å²) >= 11 is 0. The summed E-state index contributed by atoms with van der Waals surface area (Å²) in [6, 6.07) is 8.37. The predicted molar refractivity (Wildman–Crippen MR) is 73.2 cm³/mol. The minimum absolute atomic E-state index is 0.139. The maximum atomic E-state index is 12.3. The van der Waals surface area contributed by atoms with Crippen molar-refractivity contribution in [3.8, 4) is 0 Å². The lowest BCUT2D eigenvalue weighted by atomic mass is 9.96. The fraction of sp³-hybridized carbons (Fsp3) is 0.533. The number of carbonyl (C=O) groups excluding carboxylic acids is 1. The van der Waals surface area contributed by atoms with Gasteiger partial charge < -0.3 is 10.2 Å². The van der Waals surface area contributed by atoms with E-state index in [0.29, 0.717) is 12.5 Å². The first kappa shape index (κ1) is 13.1. The molecular formula is C15H22N2O. The smallest absolute Gasteiger partial charge is 0.227 e. The van der Waals surface area contributed by atoms with Gasteiger partial charge in [-0.1, -0.05) is 36.8 Å². The van der Waals surface area contributed by atoms with Crippen LogP contribution in [0.4, 0.5) is 0 Å². The van der Waals surface area contributed by atoms with Crippen LogP contribution >= 0.6 is 0 Å². The maximum Gasteiger partial charge on any atom is 0.227 e. The van der Waals surface area contributed by atoms with E-state index >= 15 is 0 Å². The standard InChI is InChI=1S/C15H22N2O/c1-11-4-6-13(7-5-11)10-17(3)15(18)14-9-16-8-12(14)2/h4-7,12,14,16H,8-10H2,1-3H3. The summed E-state index contributed by atoms with van der Waals surface area (Å²) in [5.41, 5.74) is 2.44. The summed E-state index contributed by atoms with van der Waals surface area (Å²) in [6.07, 6.45) is 0. The Morgan fingerprint density at radius 1 is 1.33 bits per heavy atom. The van der Waals surface area contributed by atoms with Crippen molar-refractivity contribution in [3.63, 3.8) is 0 Å². The van der Waals surface area contributed by atoms with E-state index in [-0.39, 0.29) is 11.8 Å². The lowest BCUT2D eigenvalue weighted by Gasteiger charge is -2.23. The molecule has 1 amide bonds. The van der Waals surface area contributed by atoms with Gasteiger partial charge in [-0.15, -0.1) is 0 Å². The van der Waals surface area contributed by atoms with Crippen LogP contribution in [0.5, 0.6) is 0 Å². The third-order valence-electron chi connectivity index (χ3n) is 3.75. The van der Waals surface area contributed by atoms with Crippen molar-refractivity contribution in [2.75, 3.05) is 20.1 Å². The summed E-state index contributed by atoms with van der Waals surface area (Å²) in [5.74, 6) is 0.839. The quantitative estimate of drug-likeness (QED) is 0.882. The fourth-order valence-corrected chi connectivity index (χ4v) is 2.47. The van der Waals surface area contributed by atoms with E-state index < -0.39 is 0 Å². The molecule has 1 saturated heterocycles. The highest BCUT2D eigenvalue weighted by atomic mass is 16.2. The van der Waals surface area contributed by atoms with Crippen LogP contribution in [0.1, 0.15) is 18.1 Å². The number of benzene rings is 1. The third-order valence-corrected chi connectivity index (χ3v) is 3.75. The fourth-order valence-electron chi connectivity index (χ4n) is 2.47. The molecular weight excluding hydrogens is 224 g/mol. The first-order valence-corrected chi connectivity index (χ1v) is 6.59. The topological polar surface area (TPSA) is 32.3 Å². The van der Waals surface area contributed by atoms with Gasteiger partial charge in [-0.05, 0) is 24.9 Å². The van der Waals surface area contributed by atoms with Crippen molar-refractivity contribution in [2.45, 2.75) is 20.4 Å². The zero-order chi connectivity index (χ0) is 13.1. The number of rotatable bonds is 3. The van der Waals surface area contributed by atoms with Crippen LogP contribution in [0.3, 0.4) is 0 Å². The molecule has 0 bridgehead atoms. The van der Waals surface area contributed by atoms with Crippen molar-refractivity contribution >= 4 is 5.91 Å². The second kappa shape index (κ2) is 5.53. The molecule has 0 saturated carbocycles. The molecule has 2 atom stereocenters. The average Bonchev–Trinajstić information content (AvgIpc) is 2.77. The molecule has 1 heterocycles. The third kappa shape index (κ3) is 2.91. The van der Waals surface area contributed by atoms with Gasteiger partial charge in [0, 0.05) is 20.1 Å². The molecule has 2 unspecified atom stereocenters. The van der Waals surface area contributed by atoms with Gasteiger partial charge in [0.05, 0.1) is 5.92 Å². The Kier molecular flexibility index (Phi) is 4.02. The number of nitrogens with zero attached hydrogens (tertiary/aromatic N) is 1. The largest absolute Gasteiger partial charge is 0.341 e. The molecule has 1 aromatic rings. The van der Waals surface area contributed by atoms with Crippen molar-refractivity contribution in [3.05, 3.63) is 35.4 Å². The van der Waals surface area contributed by atoms with Crippen molar-refractivity contribution in [2.24, 2.45) is 11.8 Å². The highest BCUT2D eigenvalue weighted by Crippen LogP contribution is 2.19. The zero-order valence-corrected chi connectivity index (χ0v) is 11.4. The number of aryl methyl sites for hydroxylation is 1. The monoisotopic (exact) mass is 246 g/mol. The molecule has 2 rings (SSSR count). The molecule has 1 fully saturated rings. The molecule has 1 aliphatic rings. The predicted octanol–water partition coefficient (Wildman–Crippen LogP) is 1.81. The van der Waals surface area contributed by atoms with Gasteiger partial charge in [0.15, 0.2) is 0 Å². The maximum absolute atomic E-state index is 12.3. The molecule has 0 spiro atoms. The second-order valence-corrected chi connectivity index (χ2v) is 5.42. The van der Waals surface area contributed by atoms with Gasteiger partial charge in [-0.25, -0.2) is 0 Å². The zero-order valence-electron chi connectivity index (χ0n) is 11.4. The molecule has 0 aliphatic carbocycles. The molecule has 0 aromatic heterocycles. The van der Waals surface area contributed by atoms with E-state index in [0.717, 1.165) is 13.1 Å². The van der Waals surface area contributed by atoms with Crippen LogP contribution in [-0.4, -0.2) is 30.9 Å². The van der Waals surface area contributed by atoms with Crippen LogP contribution in [0, 0.1) is 18.8 Å². The number of carbonyl (C=O) groups is 1.